The molecule has 2 aliphatic heterocycles. The van der Waals surface area contributed by atoms with Gasteiger partial charge in [-0.2, -0.15) is 0 Å². The quantitative estimate of drug-likeness (QED) is 0.801. The molecule has 4 rings (SSSR count). The predicted octanol–water partition coefficient (Wildman–Crippen LogP) is 1.57. The third kappa shape index (κ3) is 4.78. The Bertz CT molecular complexity index is 699. The monoisotopic (exact) mass is 400 g/mol. The molecule has 1 aliphatic carbocycles. The zero-order valence-corrected chi connectivity index (χ0v) is 17.0. The molecule has 1 aromatic rings. The van der Waals surface area contributed by atoms with Crippen molar-refractivity contribution in [1.29, 1.82) is 0 Å². The summed E-state index contributed by atoms with van der Waals surface area (Å²) < 4.78 is 0. The van der Waals surface area contributed by atoms with E-state index in [1.165, 1.54) is 19.3 Å². The molecular formula is C22H32N4O3. The maximum Gasteiger partial charge on any atom is 0.255 e. The minimum Gasteiger partial charge on any atom is -0.392 e. The van der Waals surface area contributed by atoms with Crippen molar-refractivity contribution < 1.29 is 14.7 Å². The summed E-state index contributed by atoms with van der Waals surface area (Å²) in [5.74, 6) is 0.0897. The lowest BCUT2D eigenvalue weighted by atomic mass is 9.95. The molecule has 1 saturated carbocycles. The van der Waals surface area contributed by atoms with Crippen LogP contribution in [-0.4, -0.2) is 75.6 Å². The number of aromatic nitrogens is 1. The van der Waals surface area contributed by atoms with Crippen LogP contribution in [0.25, 0.3) is 0 Å². The van der Waals surface area contributed by atoms with Crippen LogP contribution >= 0.6 is 0 Å². The lowest BCUT2D eigenvalue weighted by Gasteiger charge is -2.39. The molecule has 2 atom stereocenters. The lowest BCUT2D eigenvalue weighted by Crippen LogP contribution is -2.53. The summed E-state index contributed by atoms with van der Waals surface area (Å²) in [7, 11) is 0. The van der Waals surface area contributed by atoms with E-state index in [9.17, 15) is 14.7 Å². The van der Waals surface area contributed by atoms with Gasteiger partial charge in [-0.1, -0.05) is 19.3 Å². The topological polar surface area (TPSA) is 85.8 Å². The number of aliphatic hydroxyl groups excluding tert-OH is 1. The van der Waals surface area contributed by atoms with Gasteiger partial charge in [0.05, 0.1) is 17.7 Å². The average Bonchev–Trinajstić information content (AvgIpc) is 3.16. The van der Waals surface area contributed by atoms with Crippen molar-refractivity contribution in [3.05, 3.63) is 30.1 Å². The van der Waals surface area contributed by atoms with Crippen molar-refractivity contribution in [2.24, 2.45) is 0 Å². The maximum atomic E-state index is 12.9. The minimum absolute atomic E-state index is 0.0181. The number of amides is 2. The average molecular weight is 401 g/mol. The number of nitrogens with zero attached hydrogens (tertiary/aromatic N) is 3. The number of nitrogens with one attached hydrogen (secondary N) is 1. The Labute approximate surface area is 172 Å². The molecule has 2 N–H and O–H groups in total. The number of hydrogen-bond donors (Lipinski definition) is 2. The molecule has 0 spiro atoms. The summed E-state index contributed by atoms with van der Waals surface area (Å²) in [5.41, 5.74) is 0.618. The molecule has 1 aromatic heterocycles. The highest BCUT2D eigenvalue weighted by Gasteiger charge is 2.41. The van der Waals surface area contributed by atoms with Gasteiger partial charge in [0.25, 0.3) is 5.91 Å². The first-order valence-corrected chi connectivity index (χ1v) is 11.1. The normalized spacial score (nSPS) is 27.1. The maximum absolute atomic E-state index is 12.9. The van der Waals surface area contributed by atoms with E-state index in [0.29, 0.717) is 31.6 Å². The van der Waals surface area contributed by atoms with Crippen LogP contribution in [0.1, 0.15) is 61.7 Å². The van der Waals surface area contributed by atoms with E-state index in [1.54, 1.807) is 24.5 Å². The number of carbonyl (C=O) groups is 2. The first-order valence-electron chi connectivity index (χ1n) is 11.1. The van der Waals surface area contributed by atoms with Gasteiger partial charge in [-0.3, -0.25) is 19.5 Å². The highest BCUT2D eigenvalue weighted by molar-refractivity contribution is 5.93. The molecule has 158 valence electrons. The number of aliphatic hydroxyl groups is 1. The lowest BCUT2D eigenvalue weighted by molar-refractivity contribution is -0.127. The smallest absolute Gasteiger partial charge is 0.255 e. The molecule has 7 heteroatoms. The number of rotatable bonds is 4. The van der Waals surface area contributed by atoms with Gasteiger partial charge in [-0.25, -0.2) is 0 Å². The third-order valence-corrected chi connectivity index (χ3v) is 6.70. The third-order valence-electron chi connectivity index (χ3n) is 6.70. The van der Waals surface area contributed by atoms with Gasteiger partial charge in [0.15, 0.2) is 0 Å². The van der Waals surface area contributed by atoms with E-state index in [4.69, 9.17) is 0 Å². The van der Waals surface area contributed by atoms with Crippen molar-refractivity contribution in [3.8, 4) is 0 Å². The fraction of sp³-hybridized carbons (Fsp3) is 0.682. The SMILES string of the molecule is O=C(NC1CCCCC1)[C@@H]1C[C@@H](O)CN1C1CCN(C(=O)c2cccnc2)CC1. The second kappa shape index (κ2) is 9.22. The van der Waals surface area contributed by atoms with E-state index in [-0.39, 0.29) is 29.9 Å². The molecule has 29 heavy (non-hydrogen) atoms. The van der Waals surface area contributed by atoms with Gasteiger partial charge in [-0.05, 0) is 44.2 Å². The molecule has 0 bridgehead atoms. The Kier molecular flexibility index (Phi) is 6.45. The summed E-state index contributed by atoms with van der Waals surface area (Å²) >= 11 is 0. The van der Waals surface area contributed by atoms with Crippen LogP contribution in [0.2, 0.25) is 0 Å². The van der Waals surface area contributed by atoms with Gasteiger partial charge >= 0.3 is 0 Å². The van der Waals surface area contributed by atoms with Crippen LogP contribution in [0.3, 0.4) is 0 Å². The van der Waals surface area contributed by atoms with Crippen molar-refractivity contribution in [2.45, 2.75) is 75.6 Å². The fourth-order valence-electron chi connectivity index (χ4n) is 5.12. The van der Waals surface area contributed by atoms with Gasteiger partial charge < -0.3 is 15.3 Å². The van der Waals surface area contributed by atoms with Crippen LogP contribution in [0, 0.1) is 0 Å². The van der Waals surface area contributed by atoms with Crippen LogP contribution in [0.15, 0.2) is 24.5 Å². The second-order valence-electron chi connectivity index (χ2n) is 8.71. The Morgan fingerprint density at radius 1 is 1.10 bits per heavy atom. The minimum atomic E-state index is -0.452. The van der Waals surface area contributed by atoms with Crippen LogP contribution in [-0.2, 0) is 4.79 Å². The standard InChI is InChI=1S/C22H32N4O3/c27-19-13-20(21(28)24-17-6-2-1-3-7-17)26(15-19)18-8-11-25(12-9-18)22(29)16-5-4-10-23-14-16/h4-5,10,14,17-20,27H,1-3,6-9,11-13,15H2,(H,24,28)/t19-,20+/m1/s1. The summed E-state index contributed by atoms with van der Waals surface area (Å²) in [6.45, 7) is 1.88. The first-order chi connectivity index (χ1) is 14.1. The highest BCUT2D eigenvalue weighted by Crippen LogP contribution is 2.28. The number of pyridine rings is 1. The summed E-state index contributed by atoms with van der Waals surface area (Å²) in [6, 6.07) is 3.84. The first kappa shape index (κ1) is 20.3. The van der Waals surface area contributed by atoms with Gasteiger partial charge in [0, 0.05) is 44.1 Å². The van der Waals surface area contributed by atoms with Crippen LogP contribution < -0.4 is 5.32 Å². The highest BCUT2D eigenvalue weighted by atomic mass is 16.3. The molecule has 0 radical (unpaired) electrons. The van der Waals surface area contributed by atoms with Crippen LogP contribution in [0.5, 0.6) is 0 Å². The van der Waals surface area contributed by atoms with E-state index >= 15 is 0 Å². The number of β-amino-alcohol motifs (C(OH)–C–C–N with tert-alkyl or cyclic N) is 1. The summed E-state index contributed by atoms with van der Waals surface area (Å²) in [5, 5.41) is 13.5. The molecule has 2 amide bonds. The molecule has 7 nitrogen and oxygen atoms in total. The fourth-order valence-corrected chi connectivity index (χ4v) is 5.12. The van der Waals surface area contributed by atoms with E-state index in [2.05, 4.69) is 15.2 Å². The van der Waals surface area contributed by atoms with E-state index in [0.717, 1.165) is 25.7 Å². The zero-order chi connectivity index (χ0) is 20.2. The Balaban J connectivity index is 1.33. The molecule has 3 fully saturated rings. The van der Waals surface area contributed by atoms with Crippen LogP contribution in [0.4, 0.5) is 0 Å². The van der Waals surface area contributed by atoms with Crippen molar-refractivity contribution in [2.75, 3.05) is 19.6 Å². The summed E-state index contributed by atoms with van der Waals surface area (Å²) in [6.07, 6.45) is 10.7. The van der Waals surface area contributed by atoms with Crippen molar-refractivity contribution in [3.63, 3.8) is 0 Å². The predicted molar refractivity (Wildman–Crippen MR) is 109 cm³/mol. The number of carbonyl (C=O) groups excluding carboxylic acids is 2. The van der Waals surface area contributed by atoms with Crippen molar-refractivity contribution in [1.82, 2.24) is 20.1 Å². The molecule has 2 saturated heterocycles. The number of likely N-dealkylation sites (tertiary alicyclic amines) is 2. The van der Waals surface area contributed by atoms with Crippen molar-refractivity contribution >= 4 is 11.8 Å². The zero-order valence-electron chi connectivity index (χ0n) is 17.0. The van der Waals surface area contributed by atoms with Gasteiger partial charge in [0.1, 0.15) is 0 Å². The number of piperidine rings is 1. The molecule has 3 heterocycles. The molecular weight excluding hydrogens is 368 g/mol. The molecule has 0 unspecified atom stereocenters. The Morgan fingerprint density at radius 2 is 1.86 bits per heavy atom. The van der Waals surface area contributed by atoms with E-state index in [1.807, 2.05) is 4.90 Å². The van der Waals surface area contributed by atoms with E-state index < -0.39 is 6.10 Å². The summed E-state index contributed by atoms with van der Waals surface area (Å²) in [4.78, 5) is 33.7. The van der Waals surface area contributed by atoms with Gasteiger partial charge in [0.2, 0.25) is 5.91 Å². The second-order valence-corrected chi connectivity index (χ2v) is 8.71. The molecule has 0 aromatic carbocycles. The number of hydrogen-bond acceptors (Lipinski definition) is 5. The largest absolute Gasteiger partial charge is 0.392 e. The Hall–Kier alpha value is -1.99. The molecule has 3 aliphatic rings. The Morgan fingerprint density at radius 3 is 2.55 bits per heavy atom. The van der Waals surface area contributed by atoms with Gasteiger partial charge in [-0.15, -0.1) is 0 Å².